The van der Waals surface area contributed by atoms with Crippen LogP contribution in [0.25, 0.3) is 21.0 Å². The first kappa shape index (κ1) is 15.7. The molecular formula is C21H19N3OS. The highest BCUT2D eigenvalue weighted by Gasteiger charge is 2.23. The largest absolute Gasteiger partial charge is 0.279 e. The third-order valence-electron chi connectivity index (χ3n) is 5.38. The second-order valence-electron chi connectivity index (χ2n) is 7.22. The van der Waals surface area contributed by atoms with E-state index in [9.17, 15) is 4.79 Å². The lowest BCUT2D eigenvalue weighted by Gasteiger charge is -2.17. The van der Waals surface area contributed by atoms with Gasteiger partial charge in [0.15, 0.2) is 4.83 Å². The molecule has 130 valence electrons. The van der Waals surface area contributed by atoms with Crippen molar-refractivity contribution < 1.29 is 0 Å². The summed E-state index contributed by atoms with van der Waals surface area (Å²) in [5.74, 6) is 0.682. The Kier molecular flexibility index (Phi) is 3.64. The number of aryl methyl sites for hydroxylation is 1. The van der Waals surface area contributed by atoms with Gasteiger partial charge in [0.2, 0.25) is 0 Å². The molecule has 2 aromatic heterocycles. The predicted octanol–water partition coefficient (Wildman–Crippen LogP) is 4.18. The molecule has 0 saturated heterocycles. The first-order chi connectivity index (χ1) is 12.7. The molecule has 2 heterocycles. The molecule has 5 heteroatoms. The number of thiophene rings is 1. The van der Waals surface area contributed by atoms with Crippen LogP contribution in [0.4, 0.5) is 0 Å². The predicted molar refractivity (Wildman–Crippen MR) is 106 cm³/mol. The Labute approximate surface area is 155 Å². The summed E-state index contributed by atoms with van der Waals surface area (Å²) in [5, 5.41) is 11.7. The minimum atomic E-state index is -0.00464. The average molecular weight is 361 g/mol. The van der Waals surface area contributed by atoms with Gasteiger partial charge in [-0.25, -0.2) is 4.68 Å². The summed E-state index contributed by atoms with van der Waals surface area (Å²) in [5.41, 5.74) is 2.31. The van der Waals surface area contributed by atoms with Gasteiger partial charge >= 0.3 is 0 Å². The number of hydrogen-bond donors (Lipinski definition) is 0. The lowest BCUT2D eigenvalue weighted by molar-refractivity contribution is 0.508. The summed E-state index contributed by atoms with van der Waals surface area (Å²) in [7, 11) is 0. The minimum absolute atomic E-state index is 0.00464. The van der Waals surface area contributed by atoms with Gasteiger partial charge in [-0.3, -0.25) is 4.79 Å². The summed E-state index contributed by atoms with van der Waals surface area (Å²) >= 11 is 1.65. The van der Waals surface area contributed by atoms with E-state index in [2.05, 4.69) is 41.5 Å². The van der Waals surface area contributed by atoms with Gasteiger partial charge in [-0.15, -0.1) is 16.4 Å². The van der Waals surface area contributed by atoms with E-state index in [-0.39, 0.29) is 5.56 Å². The zero-order valence-electron chi connectivity index (χ0n) is 14.6. The zero-order valence-corrected chi connectivity index (χ0v) is 15.4. The summed E-state index contributed by atoms with van der Waals surface area (Å²) < 4.78 is 1.52. The minimum Gasteiger partial charge on any atom is -0.267 e. The monoisotopic (exact) mass is 361 g/mol. The van der Waals surface area contributed by atoms with Crippen LogP contribution in [-0.2, 0) is 19.4 Å². The lowest BCUT2D eigenvalue weighted by atomic mass is 9.89. The van der Waals surface area contributed by atoms with Crippen molar-refractivity contribution in [1.29, 1.82) is 0 Å². The van der Waals surface area contributed by atoms with Gasteiger partial charge < -0.3 is 0 Å². The van der Waals surface area contributed by atoms with Crippen molar-refractivity contribution in [3.63, 3.8) is 0 Å². The number of aromatic nitrogens is 3. The van der Waals surface area contributed by atoms with Crippen molar-refractivity contribution in [2.24, 2.45) is 5.92 Å². The summed E-state index contributed by atoms with van der Waals surface area (Å²) in [4.78, 5) is 15.3. The average Bonchev–Trinajstić information content (AvgIpc) is 3.02. The molecule has 0 spiro atoms. The Morgan fingerprint density at radius 1 is 1.19 bits per heavy atom. The third-order valence-corrected chi connectivity index (χ3v) is 6.52. The molecule has 1 aliphatic carbocycles. The van der Waals surface area contributed by atoms with Crippen molar-refractivity contribution in [1.82, 2.24) is 15.0 Å². The van der Waals surface area contributed by atoms with Crippen LogP contribution >= 0.6 is 11.3 Å². The fourth-order valence-electron chi connectivity index (χ4n) is 3.99. The van der Waals surface area contributed by atoms with Crippen molar-refractivity contribution in [2.45, 2.75) is 32.7 Å². The van der Waals surface area contributed by atoms with Crippen LogP contribution in [0.1, 0.15) is 29.3 Å². The van der Waals surface area contributed by atoms with Gasteiger partial charge in [-0.1, -0.05) is 54.6 Å². The van der Waals surface area contributed by atoms with E-state index in [1.54, 1.807) is 11.3 Å². The van der Waals surface area contributed by atoms with E-state index in [1.165, 1.54) is 20.5 Å². The summed E-state index contributed by atoms with van der Waals surface area (Å²) in [6.45, 7) is 2.72. The van der Waals surface area contributed by atoms with Crippen molar-refractivity contribution in [3.8, 4) is 0 Å². The number of nitrogens with zero attached hydrogens (tertiary/aromatic N) is 3. The quantitative estimate of drug-likeness (QED) is 0.538. The fourth-order valence-corrected chi connectivity index (χ4v) is 5.31. The smallest absolute Gasteiger partial charge is 0.267 e. The zero-order chi connectivity index (χ0) is 17.7. The number of rotatable bonds is 2. The van der Waals surface area contributed by atoms with E-state index in [1.807, 2.05) is 18.2 Å². The van der Waals surface area contributed by atoms with Gasteiger partial charge in [-0.05, 0) is 47.1 Å². The molecule has 26 heavy (non-hydrogen) atoms. The maximum absolute atomic E-state index is 13.2. The molecule has 4 aromatic rings. The second kappa shape index (κ2) is 6.02. The molecule has 0 N–H and O–H groups in total. The standard InChI is InChI=1S/C21H19N3OS/c1-13-9-10-17-18(11-13)26-20-19(17)21(25)24(23-22-20)12-15-7-4-6-14-5-2-3-8-16(14)15/h2-8,13H,9-12H2,1H3/t13-/m1/s1. The molecular weight excluding hydrogens is 342 g/mol. The maximum atomic E-state index is 13.2. The summed E-state index contributed by atoms with van der Waals surface area (Å²) in [6, 6.07) is 14.4. The molecule has 1 atom stereocenters. The Morgan fingerprint density at radius 3 is 2.96 bits per heavy atom. The summed E-state index contributed by atoms with van der Waals surface area (Å²) in [6.07, 6.45) is 3.18. The molecule has 0 fully saturated rings. The van der Waals surface area contributed by atoms with Crippen molar-refractivity contribution >= 4 is 32.3 Å². The molecule has 0 bridgehead atoms. The molecule has 1 aliphatic rings. The van der Waals surface area contributed by atoms with E-state index >= 15 is 0 Å². The van der Waals surface area contributed by atoms with Crippen LogP contribution in [0.3, 0.4) is 0 Å². The highest BCUT2D eigenvalue weighted by molar-refractivity contribution is 7.18. The van der Waals surface area contributed by atoms with Gasteiger partial charge in [0.1, 0.15) is 0 Å². The highest BCUT2D eigenvalue weighted by atomic mass is 32.1. The Balaban J connectivity index is 1.64. The topological polar surface area (TPSA) is 47.8 Å². The number of benzene rings is 2. The fraction of sp³-hybridized carbons (Fsp3) is 0.286. The van der Waals surface area contributed by atoms with E-state index in [0.717, 1.165) is 40.4 Å². The SMILES string of the molecule is C[C@@H]1CCc2c(sc3nnn(Cc4cccc5ccccc45)c(=O)c23)C1. The van der Waals surface area contributed by atoms with E-state index in [0.29, 0.717) is 12.5 Å². The molecule has 2 aromatic carbocycles. The molecule has 0 radical (unpaired) electrons. The lowest BCUT2D eigenvalue weighted by Crippen LogP contribution is -2.25. The number of fused-ring (bicyclic) bond motifs is 4. The van der Waals surface area contributed by atoms with Crippen LogP contribution in [-0.4, -0.2) is 15.0 Å². The molecule has 5 rings (SSSR count). The first-order valence-corrected chi connectivity index (χ1v) is 9.87. The molecule has 4 nitrogen and oxygen atoms in total. The molecule has 0 amide bonds. The Morgan fingerprint density at radius 2 is 2.04 bits per heavy atom. The molecule has 0 saturated carbocycles. The molecule has 0 aliphatic heterocycles. The second-order valence-corrected chi connectivity index (χ2v) is 8.31. The van der Waals surface area contributed by atoms with Crippen LogP contribution in [0.5, 0.6) is 0 Å². The van der Waals surface area contributed by atoms with Crippen LogP contribution in [0.2, 0.25) is 0 Å². The number of hydrogen-bond acceptors (Lipinski definition) is 4. The Bertz CT molecular complexity index is 1190. The van der Waals surface area contributed by atoms with Gasteiger partial charge in [0.25, 0.3) is 5.56 Å². The first-order valence-electron chi connectivity index (χ1n) is 9.05. The van der Waals surface area contributed by atoms with Gasteiger partial charge in [0.05, 0.1) is 11.9 Å². The van der Waals surface area contributed by atoms with Crippen LogP contribution < -0.4 is 5.56 Å². The van der Waals surface area contributed by atoms with Crippen molar-refractivity contribution in [3.05, 3.63) is 68.8 Å². The Hall–Kier alpha value is -2.53. The van der Waals surface area contributed by atoms with Crippen molar-refractivity contribution in [2.75, 3.05) is 0 Å². The van der Waals surface area contributed by atoms with E-state index in [4.69, 9.17) is 0 Å². The third kappa shape index (κ3) is 2.46. The normalized spacial score (nSPS) is 16.9. The van der Waals surface area contributed by atoms with Crippen LogP contribution in [0, 0.1) is 5.92 Å². The van der Waals surface area contributed by atoms with Gasteiger partial charge in [-0.2, -0.15) is 0 Å². The van der Waals surface area contributed by atoms with Gasteiger partial charge in [0, 0.05) is 4.88 Å². The maximum Gasteiger partial charge on any atom is 0.279 e. The van der Waals surface area contributed by atoms with E-state index < -0.39 is 0 Å². The van der Waals surface area contributed by atoms with Crippen LogP contribution in [0.15, 0.2) is 47.3 Å². The molecule has 0 unspecified atom stereocenters. The highest BCUT2D eigenvalue weighted by Crippen LogP contribution is 2.35.